The van der Waals surface area contributed by atoms with Gasteiger partial charge in [-0.05, 0) is 25.7 Å². The average Bonchev–Trinajstić information content (AvgIpc) is 2.67. The van der Waals surface area contributed by atoms with Crippen molar-refractivity contribution in [2.45, 2.75) is 52.4 Å². The maximum Gasteiger partial charge on any atom is 0.317 e. The molecular formula is C15H22O3. The molecule has 0 radical (unpaired) electrons. The molecule has 1 saturated heterocycles. The number of rotatable bonds is 7. The first-order chi connectivity index (χ1) is 8.67. The topological polar surface area (TPSA) is 43.4 Å². The minimum absolute atomic E-state index is 0.232. The first-order valence-electron chi connectivity index (χ1n) is 6.74. The zero-order valence-corrected chi connectivity index (χ0v) is 11.3. The quantitative estimate of drug-likeness (QED) is 0.394. The maximum atomic E-state index is 11.2. The van der Waals surface area contributed by atoms with Gasteiger partial charge >= 0.3 is 11.9 Å². The van der Waals surface area contributed by atoms with E-state index in [0.717, 1.165) is 19.3 Å². The molecule has 0 spiro atoms. The molecule has 1 atom stereocenters. The van der Waals surface area contributed by atoms with Crippen LogP contribution in [0.5, 0.6) is 0 Å². The Bertz CT molecular complexity index is 353. The second-order valence-electron chi connectivity index (χ2n) is 4.61. The summed E-state index contributed by atoms with van der Waals surface area (Å²) < 4.78 is 4.50. The molecule has 100 valence electrons. The van der Waals surface area contributed by atoms with Crippen LogP contribution in [0.15, 0.2) is 23.8 Å². The molecule has 0 bridgehead atoms. The normalized spacial score (nSPS) is 20.8. The van der Waals surface area contributed by atoms with E-state index in [1.807, 2.05) is 6.08 Å². The number of carbonyl (C=O) groups excluding carboxylic acids is 2. The smallest absolute Gasteiger partial charge is 0.317 e. The maximum absolute atomic E-state index is 11.2. The van der Waals surface area contributed by atoms with Crippen LogP contribution < -0.4 is 0 Å². The summed E-state index contributed by atoms with van der Waals surface area (Å²) in [5.41, 5.74) is 1.43. The number of allylic oxidation sites excluding steroid dienone is 4. The second kappa shape index (κ2) is 7.85. The fourth-order valence-corrected chi connectivity index (χ4v) is 1.92. The molecule has 0 aromatic heterocycles. The Morgan fingerprint density at radius 2 is 2.11 bits per heavy atom. The Morgan fingerprint density at radius 1 is 1.33 bits per heavy atom. The molecule has 0 aliphatic carbocycles. The van der Waals surface area contributed by atoms with E-state index in [1.54, 1.807) is 0 Å². The van der Waals surface area contributed by atoms with Gasteiger partial charge < -0.3 is 4.74 Å². The summed E-state index contributed by atoms with van der Waals surface area (Å²) in [6.07, 6.45) is 11.5. The van der Waals surface area contributed by atoms with Crippen LogP contribution in [0.4, 0.5) is 0 Å². The molecule has 0 aromatic carbocycles. The molecule has 1 unspecified atom stereocenters. The van der Waals surface area contributed by atoms with E-state index >= 15 is 0 Å². The fraction of sp³-hybridized carbons (Fsp3) is 0.600. The summed E-state index contributed by atoms with van der Waals surface area (Å²) in [6, 6.07) is 0. The minimum atomic E-state index is -0.393. The van der Waals surface area contributed by atoms with E-state index in [-0.39, 0.29) is 18.3 Å². The Kier molecular flexibility index (Phi) is 6.40. The predicted octanol–water partition coefficient (Wildman–Crippen LogP) is 3.55. The van der Waals surface area contributed by atoms with Crippen molar-refractivity contribution in [1.82, 2.24) is 0 Å². The number of esters is 2. The summed E-state index contributed by atoms with van der Waals surface area (Å²) in [5.74, 6) is -1.03. The highest BCUT2D eigenvalue weighted by atomic mass is 16.6. The van der Waals surface area contributed by atoms with Crippen molar-refractivity contribution < 1.29 is 14.3 Å². The standard InChI is InChI=1S/C15H22O3/c1-3-5-8-12(4-2)9-6-7-10-13-11-14(16)18-15(13)17/h6-8,13H,3-5,9-11H2,1-2H3/b7-6+,12-8+. The number of hydrogen-bond acceptors (Lipinski definition) is 3. The highest BCUT2D eigenvalue weighted by Crippen LogP contribution is 2.20. The Hall–Kier alpha value is -1.38. The van der Waals surface area contributed by atoms with E-state index in [4.69, 9.17) is 0 Å². The Balaban J connectivity index is 2.32. The highest BCUT2D eigenvalue weighted by Gasteiger charge is 2.31. The monoisotopic (exact) mass is 250 g/mol. The summed E-state index contributed by atoms with van der Waals surface area (Å²) in [4.78, 5) is 22.1. The molecule has 0 N–H and O–H groups in total. The van der Waals surface area contributed by atoms with Crippen LogP contribution in [-0.4, -0.2) is 11.9 Å². The fourth-order valence-electron chi connectivity index (χ4n) is 1.92. The van der Waals surface area contributed by atoms with E-state index in [1.165, 1.54) is 12.0 Å². The summed E-state index contributed by atoms with van der Waals surface area (Å²) in [6.45, 7) is 4.32. The molecule has 18 heavy (non-hydrogen) atoms. The van der Waals surface area contributed by atoms with Gasteiger partial charge in [0.2, 0.25) is 0 Å². The van der Waals surface area contributed by atoms with Gasteiger partial charge in [0, 0.05) is 0 Å². The van der Waals surface area contributed by atoms with Gasteiger partial charge in [0.25, 0.3) is 0 Å². The van der Waals surface area contributed by atoms with Crippen molar-refractivity contribution in [1.29, 1.82) is 0 Å². The summed E-state index contributed by atoms with van der Waals surface area (Å²) in [7, 11) is 0. The van der Waals surface area contributed by atoms with Gasteiger partial charge in [0.15, 0.2) is 0 Å². The number of carbonyl (C=O) groups is 2. The van der Waals surface area contributed by atoms with Gasteiger partial charge in [-0.25, -0.2) is 0 Å². The molecule has 1 aliphatic rings. The van der Waals surface area contributed by atoms with Gasteiger partial charge in [-0.15, -0.1) is 0 Å². The van der Waals surface area contributed by atoms with Crippen LogP contribution in [0.3, 0.4) is 0 Å². The van der Waals surface area contributed by atoms with Gasteiger partial charge in [-0.1, -0.05) is 44.1 Å². The third-order valence-corrected chi connectivity index (χ3v) is 3.10. The van der Waals surface area contributed by atoms with E-state index < -0.39 is 5.97 Å². The molecule has 0 amide bonds. The summed E-state index contributed by atoms with van der Waals surface area (Å²) >= 11 is 0. The molecule has 0 saturated carbocycles. The summed E-state index contributed by atoms with van der Waals surface area (Å²) in [5, 5.41) is 0. The molecule has 1 fully saturated rings. The zero-order chi connectivity index (χ0) is 13.4. The SMILES string of the molecule is CCC/C=C(\CC)C/C=C/CC1CC(=O)OC1=O. The lowest BCUT2D eigenvalue weighted by atomic mass is 10.0. The molecule has 1 rings (SSSR count). The first kappa shape index (κ1) is 14.7. The van der Waals surface area contributed by atoms with Crippen LogP contribution in [0.2, 0.25) is 0 Å². The second-order valence-corrected chi connectivity index (χ2v) is 4.61. The first-order valence-corrected chi connectivity index (χ1v) is 6.74. The largest absolute Gasteiger partial charge is 0.393 e. The number of hydrogen-bond donors (Lipinski definition) is 0. The van der Waals surface area contributed by atoms with Crippen LogP contribution in [-0.2, 0) is 14.3 Å². The van der Waals surface area contributed by atoms with Crippen molar-refractivity contribution >= 4 is 11.9 Å². The molecule has 0 aromatic rings. The van der Waals surface area contributed by atoms with Gasteiger partial charge in [-0.2, -0.15) is 0 Å². The zero-order valence-electron chi connectivity index (χ0n) is 11.3. The van der Waals surface area contributed by atoms with Gasteiger partial charge in [-0.3, -0.25) is 9.59 Å². The molecule has 1 heterocycles. The Labute approximate surface area is 109 Å². The van der Waals surface area contributed by atoms with Crippen LogP contribution >= 0.6 is 0 Å². The van der Waals surface area contributed by atoms with Crippen molar-refractivity contribution in [2.75, 3.05) is 0 Å². The highest BCUT2D eigenvalue weighted by molar-refractivity contribution is 5.94. The predicted molar refractivity (Wildman–Crippen MR) is 70.9 cm³/mol. The van der Waals surface area contributed by atoms with E-state index in [9.17, 15) is 9.59 Å². The third-order valence-electron chi connectivity index (χ3n) is 3.10. The lowest BCUT2D eigenvalue weighted by Gasteiger charge is -2.01. The molecule has 1 aliphatic heterocycles. The van der Waals surface area contributed by atoms with E-state index in [0.29, 0.717) is 6.42 Å². The number of unbranched alkanes of at least 4 members (excludes halogenated alkanes) is 1. The van der Waals surface area contributed by atoms with Crippen LogP contribution in [0.25, 0.3) is 0 Å². The van der Waals surface area contributed by atoms with Gasteiger partial charge in [0.05, 0.1) is 12.3 Å². The van der Waals surface area contributed by atoms with Gasteiger partial charge in [0.1, 0.15) is 0 Å². The van der Waals surface area contributed by atoms with Crippen molar-refractivity contribution in [3.05, 3.63) is 23.8 Å². The van der Waals surface area contributed by atoms with Crippen molar-refractivity contribution in [2.24, 2.45) is 5.92 Å². The third kappa shape index (κ3) is 4.86. The number of ether oxygens (including phenoxy) is 1. The molecule has 3 heteroatoms. The van der Waals surface area contributed by atoms with Crippen LogP contribution in [0.1, 0.15) is 52.4 Å². The molecular weight excluding hydrogens is 228 g/mol. The van der Waals surface area contributed by atoms with Crippen molar-refractivity contribution in [3.63, 3.8) is 0 Å². The lowest BCUT2D eigenvalue weighted by Crippen LogP contribution is -2.05. The minimum Gasteiger partial charge on any atom is -0.393 e. The van der Waals surface area contributed by atoms with E-state index in [2.05, 4.69) is 30.7 Å². The Morgan fingerprint density at radius 3 is 2.67 bits per heavy atom. The lowest BCUT2D eigenvalue weighted by molar-refractivity contribution is -0.153. The van der Waals surface area contributed by atoms with Crippen LogP contribution in [0, 0.1) is 5.92 Å². The molecule has 3 nitrogen and oxygen atoms in total. The average molecular weight is 250 g/mol. The van der Waals surface area contributed by atoms with Crippen molar-refractivity contribution in [3.8, 4) is 0 Å². The number of cyclic esters (lactones) is 2.